The number of anilines is 1. The molecule has 19 heavy (non-hydrogen) atoms. The second kappa shape index (κ2) is 7.19. The molecule has 1 rings (SSSR count). The number of sulfonamides is 1. The molecule has 0 radical (unpaired) electrons. The Hall–Kier alpha value is -1.48. The number of hydrogen-bond acceptors (Lipinski definition) is 5. The predicted octanol–water partition coefficient (Wildman–Crippen LogP) is -0.755. The first-order valence-corrected chi connectivity index (χ1v) is 7.22. The molecule has 5 N–H and O–H groups in total. The molecule has 0 unspecified atom stereocenters. The Morgan fingerprint density at radius 3 is 2.42 bits per heavy atom. The Labute approximate surface area is 111 Å². The summed E-state index contributed by atoms with van der Waals surface area (Å²) in [6.07, 6.45) is 0.580. The maximum atomic E-state index is 11.5. The molecule has 8 heteroatoms. The van der Waals surface area contributed by atoms with E-state index >= 15 is 0 Å². The fourth-order valence-electron chi connectivity index (χ4n) is 1.34. The molecule has 0 bridgehead atoms. The highest BCUT2D eigenvalue weighted by molar-refractivity contribution is 7.89. The van der Waals surface area contributed by atoms with Crippen molar-refractivity contribution in [3.8, 4) is 0 Å². The van der Waals surface area contributed by atoms with Gasteiger partial charge in [0.2, 0.25) is 15.9 Å². The lowest BCUT2D eigenvalue weighted by Crippen LogP contribution is -2.29. The van der Waals surface area contributed by atoms with Crippen LogP contribution in [0.25, 0.3) is 0 Å². The third kappa shape index (κ3) is 5.79. The van der Waals surface area contributed by atoms with Crippen LogP contribution in [0, 0.1) is 0 Å². The molecule has 0 spiro atoms. The molecule has 0 aliphatic carbocycles. The van der Waals surface area contributed by atoms with Crippen LogP contribution in [-0.4, -0.2) is 39.1 Å². The van der Waals surface area contributed by atoms with Gasteiger partial charge < -0.3 is 15.7 Å². The van der Waals surface area contributed by atoms with Crippen LogP contribution in [-0.2, 0) is 14.8 Å². The monoisotopic (exact) mass is 287 g/mol. The molecule has 0 saturated heterocycles. The average Bonchev–Trinajstić information content (AvgIpc) is 2.34. The number of carbonyl (C=O) groups is 1. The van der Waals surface area contributed by atoms with Crippen molar-refractivity contribution >= 4 is 21.6 Å². The molecular formula is C11H17N3O4S. The van der Waals surface area contributed by atoms with Crippen LogP contribution >= 0.6 is 0 Å². The van der Waals surface area contributed by atoms with Crippen LogP contribution in [0.1, 0.15) is 6.42 Å². The second-order valence-corrected chi connectivity index (χ2v) is 5.43. The van der Waals surface area contributed by atoms with Gasteiger partial charge in [0.05, 0.1) is 11.4 Å². The van der Waals surface area contributed by atoms with Crippen LogP contribution in [0.15, 0.2) is 29.2 Å². The molecule has 0 aliphatic heterocycles. The number of aliphatic hydroxyl groups excluding tert-OH is 1. The van der Waals surface area contributed by atoms with E-state index in [1.54, 1.807) is 0 Å². The number of rotatable bonds is 7. The number of benzene rings is 1. The van der Waals surface area contributed by atoms with Gasteiger partial charge >= 0.3 is 0 Å². The lowest BCUT2D eigenvalue weighted by atomic mass is 10.3. The molecule has 106 valence electrons. The van der Waals surface area contributed by atoms with Gasteiger partial charge in [0.15, 0.2) is 0 Å². The summed E-state index contributed by atoms with van der Waals surface area (Å²) >= 11 is 0. The summed E-state index contributed by atoms with van der Waals surface area (Å²) in [6, 6.07) is 5.57. The second-order valence-electron chi connectivity index (χ2n) is 3.87. The number of carbonyl (C=O) groups excluding carboxylic acids is 1. The van der Waals surface area contributed by atoms with Gasteiger partial charge in [-0.1, -0.05) is 0 Å². The lowest BCUT2D eigenvalue weighted by Gasteiger charge is -2.06. The average molecular weight is 287 g/mol. The van der Waals surface area contributed by atoms with Crippen molar-refractivity contribution in [1.82, 2.24) is 5.32 Å². The van der Waals surface area contributed by atoms with E-state index < -0.39 is 10.0 Å². The fourth-order valence-corrected chi connectivity index (χ4v) is 1.85. The topological polar surface area (TPSA) is 122 Å². The zero-order valence-corrected chi connectivity index (χ0v) is 11.1. The van der Waals surface area contributed by atoms with Gasteiger partial charge in [-0.05, 0) is 37.2 Å². The summed E-state index contributed by atoms with van der Waals surface area (Å²) < 4.78 is 22.1. The zero-order valence-electron chi connectivity index (χ0n) is 10.3. The summed E-state index contributed by atoms with van der Waals surface area (Å²) in [5, 5.41) is 19.0. The molecular weight excluding hydrogens is 270 g/mol. The minimum Gasteiger partial charge on any atom is -0.396 e. The first-order valence-electron chi connectivity index (χ1n) is 5.68. The van der Waals surface area contributed by atoms with Gasteiger partial charge in [-0.15, -0.1) is 0 Å². The zero-order chi connectivity index (χ0) is 14.3. The number of primary sulfonamides is 1. The van der Waals surface area contributed by atoms with Crippen molar-refractivity contribution in [2.75, 3.05) is 25.0 Å². The maximum Gasteiger partial charge on any atom is 0.238 e. The highest BCUT2D eigenvalue weighted by Gasteiger charge is 2.07. The summed E-state index contributed by atoms with van der Waals surface area (Å²) in [7, 11) is -3.72. The quantitative estimate of drug-likeness (QED) is 0.491. The van der Waals surface area contributed by atoms with Gasteiger partial charge in [0.25, 0.3) is 0 Å². The Morgan fingerprint density at radius 2 is 1.89 bits per heavy atom. The van der Waals surface area contributed by atoms with E-state index in [9.17, 15) is 13.2 Å². The predicted molar refractivity (Wildman–Crippen MR) is 71.0 cm³/mol. The molecule has 1 aromatic carbocycles. The Morgan fingerprint density at radius 1 is 1.26 bits per heavy atom. The molecule has 0 aliphatic rings. The van der Waals surface area contributed by atoms with Gasteiger partial charge in [0.1, 0.15) is 0 Å². The van der Waals surface area contributed by atoms with Crippen molar-refractivity contribution < 1.29 is 18.3 Å². The Bertz CT molecular complexity index is 513. The van der Waals surface area contributed by atoms with E-state index in [2.05, 4.69) is 10.6 Å². The number of hydrogen-bond donors (Lipinski definition) is 4. The van der Waals surface area contributed by atoms with Crippen LogP contribution in [0.4, 0.5) is 5.69 Å². The number of amides is 1. The van der Waals surface area contributed by atoms with Crippen molar-refractivity contribution in [2.24, 2.45) is 5.14 Å². The van der Waals surface area contributed by atoms with E-state index in [4.69, 9.17) is 10.2 Å². The summed E-state index contributed by atoms with van der Waals surface area (Å²) in [4.78, 5) is 11.5. The molecule has 0 heterocycles. The van der Waals surface area contributed by atoms with Crippen molar-refractivity contribution in [3.63, 3.8) is 0 Å². The van der Waals surface area contributed by atoms with E-state index in [1.165, 1.54) is 24.3 Å². The first-order chi connectivity index (χ1) is 8.93. The minimum atomic E-state index is -3.72. The summed E-state index contributed by atoms with van der Waals surface area (Å²) in [5.74, 6) is -0.249. The van der Waals surface area contributed by atoms with Gasteiger partial charge in [-0.3, -0.25) is 4.79 Å². The molecule has 1 aromatic rings. The first kappa shape index (κ1) is 15.6. The van der Waals surface area contributed by atoms with E-state index in [-0.39, 0.29) is 24.0 Å². The van der Waals surface area contributed by atoms with Gasteiger partial charge in [-0.25, -0.2) is 13.6 Å². The molecule has 0 aromatic heterocycles. The van der Waals surface area contributed by atoms with Crippen LogP contribution in [0.2, 0.25) is 0 Å². The van der Waals surface area contributed by atoms with Crippen molar-refractivity contribution in [3.05, 3.63) is 24.3 Å². The fraction of sp³-hybridized carbons (Fsp3) is 0.364. The molecule has 0 saturated carbocycles. The van der Waals surface area contributed by atoms with Crippen molar-refractivity contribution in [2.45, 2.75) is 11.3 Å². The highest BCUT2D eigenvalue weighted by atomic mass is 32.2. The standard InChI is InChI=1S/C11H17N3O4S/c12-19(17,18)10-4-2-9(3-5-10)14-11(16)8-13-6-1-7-15/h2-5,13,15H,1,6-8H2,(H,14,16)(H2,12,17,18). The number of nitrogens with one attached hydrogen (secondary N) is 2. The number of nitrogens with two attached hydrogens (primary N) is 1. The summed E-state index contributed by atoms with van der Waals surface area (Å²) in [6.45, 7) is 0.745. The maximum absolute atomic E-state index is 11.5. The van der Waals surface area contributed by atoms with Crippen LogP contribution < -0.4 is 15.8 Å². The van der Waals surface area contributed by atoms with Crippen LogP contribution in [0.3, 0.4) is 0 Å². The highest BCUT2D eigenvalue weighted by Crippen LogP contribution is 2.12. The SMILES string of the molecule is NS(=O)(=O)c1ccc(NC(=O)CNCCCO)cc1. The lowest BCUT2D eigenvalue weighted by molar-refractivity contribution is -0.115. The van der Waals surface area contributed by atoms with Crippen molar-refractivity contribution in [1.29, 1.82) is 0 Å². The third-order valence-corrected chi connectivity index (χ3v) is 3.19. The summed E-state index contributed by atoms with van der Waals surface area (Å²) in [5.41, 5.74) is 0.487. The van der Waals surface area contributed by atoms with E-state index in [1.807, 2.05) is 0 Å². The molecule has 0 fully saturated rings. The molecule has 1 amide bonds. The van der Waals surface area contributed by atoms with Gasteiger partial charge in [-0.2, -0.15) is 0 Å². The molecule has 7 nitrogen and oxygen atoms in total. The van der Waals surface area contributed by atoms with E-state index in [0.717, 1.165) is 0 Å². The number of aliphatic hydroxyl groups is 1. The third-order valence-electron chi connectivity index (χ3n) is 2.26. The normalized spacial score (nSPS) is 11.3. The Kier molecular flexibility index (Phi) is 5.90. The van der Waals surface area contributed by atoms with E-state index in [0.29, 0.717) is 18.7 Å². The Balaban J connectivity index is 2.47. The smallest absolute Gasteiger partial charge is 0.238 e. The van der Waals surface area contributed by atoms with Crippen LogP contribution in [0.5, 0.6) is 0 Å². The largest absolute Gasteiger partial charge is 0.396 e. The minimum absolute atomic E-state index is 0.00781. The molecule has 0 atom stereocenters. The van der Waals surface area contributed by atoms with Gasteiger partial charge in [0, 0.05) is 12.3 Å².